The molecule has 0 spiro atoms. The number of alkyl halides is 3. The first-order valence-electron chi connectivity index (χ1n) is 7.06. The summed E-state index contributed by atoms with van der Waals surface area (Å²) in [5, 5.41) is 19.4. The molecule has 0 radical (unpaired) electrons. The number of aliphatic hydroxyl groups is 1. The summed E-state index contributed by atoms with van der Waals surface area (Å²) >= 11 is 0. The maximum Gasteiger partial charge on any atom is 0.418 e. The minimum atomic E-state index is -4.66. The molecule has 0 saturated heterocycles. The molecule has 1 fully saturated rings. The Morgan fingerprint density at radius 1 is 1.27 bits per heavy atom. The molecule has 1 aliphatic carbocycles. The van der Waals surface area contributed by atoms with E-state index in [2.05, 4.69) is 0 Å². The lowest BCUT2D eigenvalue weighted by Crippen LogP contribution is -2.57. The van der Waals surface area contributed by atoms with Crippen LogP contribution in [0.15, 0.2) is 12.1 Å². The van der Waals surface area contributed by atoms with Crippen LogP contribution in [-0.2, 0) is 17.4 Å². The van der Waals surface area contributed by atoms with Crippen molar-refractivity contribution < 1.29 is 28.2 Å². The highest BCUT2D eigenvalue weighted by Crippen LogP contribution is 2.47. The van der Waals surface area contributed by atoms with Crippen LogP contribution in [0.4, 0.5) is 18.9 Å². The van der Waals surface area contributed by atoms with E-state index in [1.807, 2.05) is 0 Å². The highest BCUT2D eigenvalue weighted by molar-refractivity contribution is 5.98. The van der Waals surface area contributed by atoms with Crippen LogP contribution in [0.1, 0.15) is 37.3 Å². The number of carbonyl (C=O) groups is 1. The maximum atomic E-state index is 13.3. The molecule has 22 heavy (non-hydrogen) atoms. The fourth-order valence-corrected chi connectivity index (χ4v) is 3.38. The van der Waals surface area contributed by atoms with Gasteiger partial charge in [-0.25, -0.2) is 0 Å². The fourth-order valence-electron chi connectivity index (χ4n) is 3.38. The van der Waals surface area contributed by atoms with E-state index in [4.69, 9.17) is 0 Å². The van der Waals surface area contributed by atoms with Crippen molar-refractivity contribution >= 4 is 11.6 Å². The van der Waals surface area contributed by atoms with Gasteiger partial charge >= 0.3 is 6.18 Å². The van der Waals surface area contributed by atoms with Gasteiger partial charge in [0.05, 0.1) is 16.9 Å². The lowest BCUT2D eigenvalue weighted by Gasteiger charge is -2.48. The largest absolute Gasteiger partial charge is 0.508 e. The number of phenolic OH excluding ortho intramolecular Hbond substituents is 1. The third-order valence-electron chi connectivity index (χ3n) is 4.31. The van der Waals surface area contributed by atoms with E-state index in [0.29, 0.717) is 11.6 Å². The quantitative estimate of drug-likeness (QED) is 0.837. The van der Waals surface area contributed by atoms with Gasteiger partial charge in [0.2, 0.25) is 5.91 Å². The topological polar surface area (TPSA) is 60.8 Å². The molecule has 2 aliphatic rings. The molecule has 1 heterocycles. The van der Waals surface area contributed by atoms with E-state index in [9.17, 15) is 28.2 Å². The van der Waals surface area contributed by atoms with Crippen LogP contribution in [0.5, 0.6) is 5.75 Å². The van der Waals surface area contributed by atoms with Crippen molar-refractivity contribution in [1.29, 1.82) is 0 Å². The predicted octanol–water partition coefficient (Wildman–Crippen LogP) is 2.60. The molecule has 0 bridgehead atoms. The number of rotatable bonds is 1. The summed E-state index contributed by atoms with van der Waals surface area (Å²) in [7, 11) is 0. The van der Waals surface area contributed by atoms with Crippen LogP contribution < -0.4 is 4.90 Å². The van der Waals surface area contributed by atoms with Gasteiger partial charge in [-0.2, -0.15) is 13.2 Å². The molecule has 1 saturated carbocycles. The van der Waals surface area contributed by atoms with E-state index in [-0.39, 0.29) is 37.3 Å². The Morgan fingerprint density at radius 2 is 1.91 bits per heavy atom. The molecule has 120 valence electrons. The molecule has 0 atom stereocenters. The molecule has 1 aromatic rings. The Hall–Kier alpha value is -1.76. The molecule has 3 rings (SSSR count). The number of carbonyl (C=O) groups excluding carboxylic acids is 1. The van der Waals surface area contributed by atoms with Crippen LogP contribution >= 0.6 is 0 Å². The summed E-state index contributed by atoms with van der Waals surface area (Å²) in [4.78, 5) is 13.3. The Morgan fingerprint density at radius 3 is 2.45 bits per heavy atom. The van der Waals surface area contributed by atoms with Crippen molar-refractivity contribution in [2.45, 2.75) is 50.4 Å². The summed E-state index contributed by atoms with van der Waals surface area (Å²) in [5.41, 5.74) is -1.79. The number of hydrogen-bond acceptors (Lipinski definition) is 3. The minimum absolute atomic E-state index is 0.104. The first-order valence-corrected chi connectivity index (χ1v) is 7.06. The molecule has 4 nitrogen and oxygen atoms in total. The fraction of sp³-hybridized carbons (Fsp3) is 0.533. The Kier molecular flexibility index (Phi) is 3.18. The first kappa shape index (κ1) is 15.1. The SMILES string of the molecule is C[C@]1(O)C[C@@H](N2C(=O)CCc3cc(O)cc(C(F)(F)F)c32)C1. The zero-order valence-electron chi connectivity index (χ0n) is 11.9. The van der Waals surface area contributed by atoms with E-state index >= 15 is 0 Å². The van der Waals surface area contributed by atoms with E-state index in [0.717, 1.165) is 0 Å². The van der Waals surface area contributed by atoms with Crippen LogP contribution in [0.3, 0.4) is 0 Å². The van der Waals surface area contributed by atoms with E-state index < -0.39 is 29.1 Å². The van der Waals surface area contributed by atoms with Gasteiger partial charge in [-0.1, -0.05) is 0 Å². The second kappa shape index (κ2) is 4.62. The van der Waals surface area contributed by atoms with Crippen molar-refractivity contribution in [3.63, 3.8) is 0 Å². The van der Waals surface area contributed by atoms with E-state index in [1.54, 1.807) is 6.92 Å². The number of anilines is 1. The number of phenols is 1. The molecule has 0 aromatic heterocycles. The van der Waals surface area contributed by atoms with Crippen LogP contribution in [0, 0.1) is 0 Å². The highest BCUT2D eigenvalue weighted by Gasteiger charge is 2.48. The second-order valence-electron chi connectivity index (χ2n) is 6.32. The molecule has 7 heteroatoms. The number of aryl methyl sites for hydroxylation is 1. The summed E-state index contributed by atoms with van der Waals surface area (Å²) < 4.78 is 39.9. The first-order chi connectivity index (χ1) is 10.1. The average Bonchev–Trinajstić information content (AvgIpc) is 2.34. The number of fused-ring (bicyclic) bond motifs is 1. The monoisotopic (exact) mass is 315 g/mol. The lowest BCUT2D eigenvalue weighted by atomic mass is 9.75. The molecular weight excluding hydrogens is 299 g/mol. The van der Waals surface area contributed by atoms with Gasteiger partial charge in [-0.3, -0.25) is 4.79 Å². The van der Waals surface area contributed by atoms with Gasteiger partial charge < -0.3 is 15.1 Å². The average molecular weight is 315 g/mol. The predicted molar refractivity (Wildman–Crippen MR) is 72.6 cm³/mol. The van der Waals surface area contributed by atoms with Crippen molar-refractivity contribution in [1.82, 2.24) is 0 Å². The Labute approximate surface area is 125 Å². The van der Waals surface area contributed by atoms with Crippen LogP contribution in [-0.4, -0.2) is 27.8 Å². The van der Waals surface area contributed by atoms with Gasteiger partial charge in [0.25, 0.3) is 0 Å². The molecule has 0 unspecified atom stereocenters. The smallest absolute Gasteiger partial charge is 0.418 e. The van der Waals surface area contributed by atoms with Gasteiger partial charge in [0, 0.05) is 12.5 Å². The third-order valence-corrected chi connectivity index (χ3v) is 4.31. The standard InChI is InChI=1S/C15H16F3NO3/c1-14(22)6-9(7-14)19-12(21)3-2-8-4-10(20)5-11(13(8)19)15(16,17)18/h4-5,9,20,22H,2-3,6-7H2,1H3/t9-,14+. The van der Waals surface area contributed by atoms with Gasteiger partial charge in [-0.15, -0.1) is 0 Å². The molecule has 1 amide bonds. The summed E-state index contributed by atoms with van der Waals surface area (Å²) in [5.74, 6) is -0.829. The number of halogens is 3. The molecular formula is C15H16F3NO3. The van der Waals surface area contributed by atoms with Crippen molar-refractivity contribution in [3.8, 4) is 5.75 Å². The van der Waals surface area contributed by atoms with Gasteiger partial charge in [0.1, 0.15) is 5.75 Å². The minimum Gasteiger partial charge on any atom is -0.508 e. The zero-order chi connectivity index (χ0) is 16.3. The Bertz CT molecular complexity index is 632. The number of aromatic hydroxyl groups is 1. The molecule has 1 aliphatic heterocycles. The van der Waals surface area contributed by atoms with Crippen molar-refractivity contribution in [3.05, 3.63) is 23.3 Å². The number of hydrogen-bond donors (Lipinski definition) is 2. The van der Waals surface area contributed by atoms with Crippen LogP contribution in [0.25, 0.3) is 0 Å². The summed E-state index contributed by atoms with van der Waals surface area (Å²) in [6, 6.07) is 1.49. The molecule has 2 N–H and O–H groups in total. The third kappa shape index (κ3) is 2.43. The Balaban J connectivity index is 2.11. The number of amides is 1. The second-order valence-corrected chi connectivity index (χ2v) is 6.32. The lowest BCUT2D eigenvalue weighted by molar-refractivity contribution is -0.137. The molecule has 1 aromatic carbocycles. The van der Waals surface area contributed by atoms with E-state index in [1.165, 1.54) is 11.0 Å². The summed E-state index contributed by atoms with van der Waals surface area (Å²) in [6.45, 7) is 1.60. The van der Waals surface area contributed by atoms with Gasteiger partial charge in [-0.05, 0) is 43.9 Å². The number of benzene rings is 1. The highest BCUT2D eigenvalue weighted by atomic mass is 19.4. The zero-order valence-corrected chi connectivity index (χ0v) is 11.9. The van der Waals surface area contributed by atoms with Crippen molar-refractivity contribution in [2.75, 3.05) is 4.90 Å². The number of nitrogens with zero attached hydrogens (tertiary/aromatic N) is 1. The maximum absolute atomic E-state index is 13.3. The van der Waals surface area contributed by atoms with Crippen LogP contribution in [0.2, 0.25) is 0 Å². The van der Waals surface area contributed by atoms with Gasteiger partial charge in [0.15, 0.2) is 0 Å². The normalized spacial score (nSPS) is 28.3. The summed E-state index contributed by atoms with van der Waals surface area (Å²) in [6.07, 6.45) is -3.89. The van der Waals surface area contributed by atoms with Crippen molar-refractivity contribution in [2.24, 2.45) is 0 Å².